The molecule has 0 atom stereocenters. The van der Waals surface area contributed by atoms with Gasteiger partial charge in [-0.1, -0.05) is 46.3 Å². The lowest BCUT2D eigenvalue weighted by atomic mass is 10.1. The number of para-hydroxylation sites is 1. The van der Waals surface area contributed by atoms with E-state index in [1.807, 2.05) is 0 Å². The SMILES string of the molecule is O=C(COc1cccc(NC(=O)c2ccccc2[N+](=O)[O-])c1)c1ccc(Br)cc1. The van der Waals surface area contributed by atoms with Gasteiger partial charge >= 0.3 is 0 Å². The summed E-state index contributed by atoms with van der Waals surface area (Å²) in [6.07, 6.45) is 0. The summed E-state index contributed by atoms with van der Waals surface area (Å²) in [5.74, 6) is -0.414. The number of benzene rings is 3. The van der Waals surface area contributed by atoms with Gasteiger partial charge in [0, 0.05) is 27.9 Å². The molecule has 1 amide bonds. The van der Waals surface area contributed by atoms with Crippen LogP contribution < -0.4 is 10.1 Å². The van der Waals surface area contributed by atoms with Gasteiger partial charge in [-0.25, -0.2) is 0 Å². The number of hydrogen-bond acceptors (Lipinski definition) is 5. The van der Waals surface area contributed by atoms with Crippen molar-refractivity contribution in [1.82, 2.24) is 0 Å². The fraction of sp³-hybridized carbons (Fsp3) is 0.0476. The topological polar surface area (TPSA) is 98.5 Å². The van der Waals surface area contributed by atoms with Crippen LogP contribution in [0.1, 0.15) is 20.7 Å². The van der Waals surface area contributed by atoms with Gasteiger partial charge in [0.15, 0.2) is 12.4 Å². The Morgan fingerprint density at radius 2 is 1.72 bits per heavy atom. The molecule has 1 N–H and O–H groups in total. The second-order valence-electron chi connectivity index (χ2n) is 5.97. The Morgan fingerprint density at radius 3 is 2.45 bits per heavy atom. The van der Waals surface area contributed by atoms with Gasteiger partial charge < -0.3 is 10.1 Å². The van der Waals surface area contributed by atoms with Gasteiger partial charge in [0.2, 0.25) is 0 Å². The van der Waals surface area contributed by atoms with Crippen molar-refractivity contribution in [2.45, 2.75) is 0 Å². The first-order valence-corrected chi connectivity index (χ1v) is 9.30. The van der Waals surface area contributed by atoms with Crippen molar-refractivity contribution in [3.63, 3.8) is 0 Å². The molecule has 0 unspecified atom stereocenters. The first kappa shape index (κ1) is 20.2. The molecule has 0 fully saturated rings. The molecule has 3 aromatic rings. The fourth-order valence-corrected chi connectivity index (χ4v) is 2.82. The molecular formula is C21H15BrN2O5. The van der Waals surface area contributed by atoms with Crippen LogP contribution in [0.25, 0.3) is 0 Å². The van der Waals surface area contributed by atoms with Gasteiger partial charge in [-0.05, 0) is 30.3 Å². The van der Waals surface area contributed by atoms with Crippen LogP contribution in [0.2, 0.25) is 0 Å². The standard InChI is InChI=1S/C21H15BrN2O5/c22-15-10-8-14(9-11-15)20(25)13-29-17-5-3-4-16(12-17)23-21(26)18-6-1-2-7-19(18)24(27)28/h1-12H,13H2,(H,23,26). The normalized spacial score (nSPS) is 10.2. The average molecular weight is 455 g/mol. The van der Waals surface area contributed by atoms with Gasteiger partial charge in [-0.3, -0.25) is 19.7 Å². The van der Waals surface area contributed by atoms with Crippen LogP contribution in [0, 0.1) is 10.1 Å². The molecule has 3 rings (SSSR count). The molecule has 0 radical (unpaired) electrons. The largest absolute Gasteiger partial charge is 0.485 e. The van der Waals surface area contributed by atoms with Crippen LogP contribution in [0.3, 0.4) is 0 Å². The summed E-state index contributed by atoms with van der Waals surface area (Å²) in [7, 11) is 0. The zero-order valence-corrected chi connectivity index (χ0v) is 16.6. The van der Waals surface area contributed by atoms with Crippen molar-refractivity contribution in [1.29, 1.82) is 0 Å². The molecule has 0 heterocycles. The molecule has 0 saturated heterocycles. The molecule has 146 valence electrons. The highest BCUT2D eigenvalue weighted by Gasteiger charge is 2.19. The Morgan fingerprint density at radius 1 is 1.00 bits per heavy atom. The van der Waals surface area contributed by atoms with E-state index in [2.05, 4.69) is 21.2 Å². The van der Waals surface area contributed by atoms with Gasteiger partial charge in [0.05, 0.1) is 4.92 Å². The van der Waals surface area contributed by atoms with Crippen molar-refractivity contribution in [2.24, 2.45) is 0 Å². The van der Waals surface area contributed by atoms with E-state index < -0.39 is 10.8 Å². The number of carbonyl (C=O) groups is 2. The maximum absolute atomic E-state index is 12.4. The van der Waals surface area contributed by atoms with Crippen molar-refractivity contribution in [3.8, 4) is 5.75 Å². The number of nitrogens with one attached hydrogen (secondary N) is 1. The monoisotopic (exact) mass is 454 g/mol. The maximum atomic E-state index is 12.4. The number of nitro groups is 1. The number of anilines is 1. The molecule has 0 saturated carbocycles. The number of halogens is 1. The van der Waals surface area contributed by atoms with Crippen molar-refractivity contribution in [2.75, 3.05) is 11.9 Å². The third-order valence-corrected chi connectivity index (χ3v) is 4.50. The molecule has 29 heavy (non-hydrogen) atoms. The van der Waals surface area contributed by atoms with Crippen LogP contribution in [-0.2, 0) is 0 Å². The summed E-state index contributed by atoms with van der Waals surface area (Å²) in [6.45, 7) is -0.164. The summed E-state index contributed by atoms with van der Waals surface area (Å²) in [6, 6.07) is 19.1. The highest BCUT2D eigenvalue weighted by Crippen LogP contribution is 2.22. The summed E-state index contributed by atoms with van der Waals surface area (Å²) < 4.78 is 6.39. The smallest absolute Gasteiger partial charge is 0.282 e. The van der Waals surface area contributed by atoms with E-state index in [0.717, 1.165) is 4.47 Å². The van der Waals surface area contributed by atoms with Gasteiger partial charge in [-0.15, -0.1) is 0 Å². The molecule has 3 aromatic carbocycles. The van der Waals surface area contributed by atoms with E-state index in [1.54, 1.807) is 54.6 Å². The number of rotatable bonds is 7. The second-order valence-corrected chi connectivity index (χ2v) is 6.89. The van der Waals surface area contributed by atoms with Gasteiger partial charge in [0.1, 0.15) is 11.3 Å². The maximum Gasteiger partial charge on any atom is 0.282 e. The predicted molar refractivity (Wildman–Crippen MR) is 111 cm³/mol. The Balaban J connectivity index is 1.67. The first-order chi connectivity index (χ1) is 13.9. The Kier molecular flexibility index (Phi) is 6.36. The minimum Gasteiger partial charge on any atom is -0.485 e. The predicted octanol–water partition coefficient (Wildman–Crippen LogP) is 4.87. The van der Waals surface area contributed by atoms with Crippen molar-refractivity contribution < 1.29 is 19.2 Å². The number of ketones is 1. The number of amides is 1. The lowest BCUT2D eigenvalue weighted by molar-refractivity contribution is -0.385. The molecule has 0 bridgehead atoms. The molecule has 0 aliphatic heterocycles. The average Bonchev–Trinajstić information content (AvgIpc) is 2.72. The van der Waals surface area contributed by atoms with Crippen molar-refractivity contribution in [3.05, 3.63) is 98.5 Å². The Bertz CT molecular complexity index is 1070. The van der Waals surface area contributed by atoms with Crippen LogP contribution in [0.4, 0.5) is 11.4 Å². The second kappa shape index (κ2) is 9.11. The lowest BCUT2D eigenvalue weighted by Crippen LogP contribution is -2.14. The molecule has 7 nitrogen and oxygen atoms in total. The highest BCUT2D eigenvalue weighted by molar-refractivity contribution is 9.10. The summed E-state index contributed by atoms with van der Waals surface area (Å²) in [4.78, 5) is 35.1. The summed E-state index contributed by atoms with van der Waals surface area (Å²) in [5.41, 5.74) is 0.586. The van der Waals surface area contributed by atoms with Crippen LogP contribution in [-0.4, -0.2) is 23.2 Å². The van der Waals surface area contributed by atoms with Crippen LogP contribution in [0.15, 0.2) is 77.3 Å². The lowest BCUT2D eigenvalue weighted by Gasteiger charge is -2.09. The summed E-state index contributed by atoms with van der Waals surface area (Å²) in [5, 5.41) is 13.7. The number of nitro benzene ring substituents is 1. The number of carbonyl (C=O) groups excluding carboxylic acids is 2. The Labute approximate surface area is 174 Å². The van der Waals surface area contributed by atoms with E-state index >= 15 is 0 Å². The van der Waals surface area contributed by atoms with E-state index in [-0.39, 0.29) is 23.6 Å². The highest BCUT2D eigenvalue weighted by atomic mass is 79.9. The van der Waals surface area contributed by atoms with E-state index in [9.17, 15) is 19.7 Å². The third kappa shape index (κ3) is 5.26. The zero-order chi connectivity index (χ0) is 20.8. The minimum absolute atomic E-state index is 0.0470. The number of ether oxygens (including phenoxy) is 1. The number of nitrogens with zero attached hydrogens (tertiary/aromatic N) is 1. The fourth-order valence-electron chi connectivity index (χ4n) is 2.55. The van der Waals surface area contributed by atoms with E-state index in [1.165, 1.54) is 18.2 Å². The third-order valence-electron chi connectivity index (χ3n) is 3.97. The molecule has 0 aromatic heterocycles. The molecular weight excluding hydrogens is 440 g/mol. The quantitative estimate of drug-likeness (QED) is 0.311. The molecule has 8 heteroatoms. The van der Waals surface area contributed by atoms with Crippen molar-refractivity contribution >= 4 is 39.0 Å². The summed E-state index contributed by atoms with van der Waals surface area (Å²) >= 11 is 3.31. The van der Waals surface area contributed by atoms with Crippen LogP contribution in [0.5, 0.6) is 5.75 Å². The molecule has 0 aliphatic rings. The number of hydrogen-bond donors (Lipinski definition) is 1. The van der Waals surface area contributed by atoms with E-state index in [4.69, 9.17) is 4.74 Å². The minimum atomic E-state index is -0.611. The zero-order valence-electron chi connectivity index (χ0n) is 15.0. The van der Waals surface area contributed by atoms with E-state index in [0.29, 0.717) is 17.0 Å². The van der Waals surface area contributed by atoms with Crippen LogP contribution >= 0.6 is 15.9 Å². The molecule has 0 spiro atoms. The number of Topliss-reactive ketones (excluding diaryl/α,β-unsaturated/α-hetero) is 1. The Hall–Kier alpha value is -3.52. The first-order valence-electron chi connectivity index (χ1n) is 8.50. The van der Waals surface area contributed by atoms with Gasteiger partial charge in [0.25, 0.3) is 11.6 Å². The van der Waals surface area contributed by atoms with Gasteiger partial charge in [-0.2, -0.15) is 0 Å². The molecule has 0 aliphatic carbocycles.